The summed E-state index contributed by atoms with van der Waals surface area (Å²) >= 11 is 5.39. The van der Waals surface area contributed by atoms with E-state index in [9.17, 15) is 9.18 Å². The van der Waals surface area contributed by atoms with E-state index < -0.39 is 11.7 Å². The molecule has 0 atom stereocenters. The fourth-order valence-corrected chi connectivity index (χ4v) is 1.15. The molecule has 0 radical (unpaired) electrons. The van der Waals surface area contributed by atoms with Crippen LogP contribution in [0.2, 0.25) is 0 Å². The Morgan fingerprint density at radius 3 is 2.86 bits per heavy atom. The molecule has 2 nitrogen and oxygen atoms in total. The van der Waals surface area contributed by atoms with Crippen LogP contribution in [0.5, 0.6) is 0 Å². The van der Waals surface area contributed by atoms with E-state index >= 15 is 0 Å². The number of halogens is 2. The third-order valence-electron chi connectivity index (χ3n) is 1.75. The van der Waals surface area contributed by atoms with Crippen molar-refractivity contribution < 1.29 is 9.18 Å². The minimum absolute atomic E-state index is 0.0562. The molecule has 14 heavy (non-hydrogen) atoms. The predicted octanol–water partition coefficient (Wildman–Crippen LogP) is 2.10. The Morgan fingerprint density at radius 1 is 1.57 bits per heavy atom. The van der Waals surface area contributed by atoms with E-state index in [4.69, 9.17) is 11.6 Å². The van der Waals surface area contributed by atoms with Gasteiger partial charge in [-0.15, -0.1) is 11.6 Å². The lowest BCUT2D eigenvalue weighted by molar-refractivity contribution is 0.0952. The minimum atomic E-state index is -0.503. The van der Waals surface area contributed by atoms with Crippen LogP contribution in [0.25, 0.3) is 0 Å². The summed E-state index contributed by atoms with van der Waals surface area (Å²) in [6.07, 6.45) is 0. The lowest BCUT2D eigenvalue weighted by atomic mass is 10.1. The Hall–Kier alpha value is -1.09. The molecule has 0 bridgehead atoms. The van der Waals surface area contributed by atoms with Crippen LogP contribution < -0.4 is 5.32 Å². The molecule has 0 heterocycles. The van der Waals surface area contributed by atoms with Crippen molar-refractivity contribution in [1.29, 1.82) is 0 Å². The summed E-state index contributed by atoms with van der Waals surface area (Å²) in [5, 5.41) is 2.50. The average Bonchev–Trinajstić information content (AvgIpc) is 2.14. The van der Waals surface area contributed by atoms with Gasteiger partial charge in [-0.3, -0.25) is 4.79 Å². The summed E-state index contributed by atoms with van der Waals surface area (Å²) in [7, 11) is 0. The van der Waals surface area contributed by atoms with Gasteiger partial charge in [0.2, 0.25) is 0 Å². The lowest BCUT2D eigenvalue weighted by Gasteiger charge is -2.04. The first-order chi connectivity index (χ1) is 6.65. The average molecular weight is 216 g/mol. The molecule has 76 valence electrons. The number of nitrogens with one attached hydrogen (secondary N) is 1. The maximum atomic E-state index is 13.2. The molecule has 0 saturated heterocycles. The van der Waals surface area contributed by atoms with Crippen molar-refractivity contribution >= 4 is 17.5 Å². The van der Waals surface area contributed by atoms with Crippen LogP contribution in [0, 0.1) is 12.7 Å². The van der Waals surface area contributed by atoms with Gasteiger partial charge in [-0.25, -0.2) is 4.39 Å². The van der Waals surface area contributed by atoms with Gasteiger partial charge in [0.25, 0.3) is 5.91 Å². The molecule has 0 unspecified atom stereocenters. The second-order valence-electron chi connectivity index (χ2n) is 2.93. The van der Waals surface area contributed by atoms with Gasteiger partial charge < -0.3 is 5.32 Å². The topological polar surface area (TPSA) is 29.1 Å². The van der Waals surface area contributed by atoms with Crippen LogP contribution in [0.1, 0.15) is 15.9 Å². The quantitative estimate of drug-likeness (QED) is 0.769. The number of hydrogen-bond acceptors (Lipinski definition) is 1. The summed E-state index contributed by atoms with van der Waals surface area (Å²) in [5.74, 6) is -0.612. The SMILES string of the molecule is Cc1ccc(C(=O)NCCCl)c(F)c1. The summed E-state index contributed by atoms with van der Waals surface area (Å²) < 4.78 is 13.2. The van der Waals surface area contributed by atoms with E-state index in [1.807, 2.05) is 0 Å². The number of carbonyl (C=O) groups is 1. The van der Waals surface area contributed by atoms with Crippen LogP contribution in [0.3, 0.4) is 0 Å². The Labute approximate surface area is 87.1 Å². The summed E-state index contributed by atoms with van der Waals surface area (Å²) in [4.78, 5) is 11.3. The number of amides is 1. The molecule has 1 rings (SSSR count). The van der Waals surface area contributed by atoms with E-state index in [0.717, 1.165) is 5.56 Å². The third-order valence-corrected chi connectivity index (χ3v) is 1.94. The van der Waals surface area contributed by atoms with Gasteiger partial charge in [-0.05, 0) is 24.6 Å². The number of aryl methyl sites for hydroxylation is 1. The molecule has 4 heteroatoms. The lowest BCUT2D eigenvalue weighted by Crippen LogP contribution is -2.26. The van der Waals surface area contributed by atoms with Crippen molar-refractivity contribution in [2.24, 2.45) is 0 Å². The maximum absolute atomic E-state index is 13.2. The van der Waals surface area contributed by atoms with Gasteiger partial charge in [-0.2, -0.15) is 0 Å². The molecule has 0 aliphatic heterocycles. The molecular formula is C10H11ClFNO. The van der Waals surface area contributed by atoms with Crippen LogP contribution >= 0.6 is 11.6 Å². The predicted molar refractivity (Wildman–Crippen MR) is 54.2 cm³/mol. The Bertz CT molecular complexity index is 341. The minimum Gasteiger partial charge on any atom is -0.351 e. The van der Waals surface area contributed by atoms with Gasteiger partial charge in [-0.1, -0.05) is 6.07 Å². The summed E-state index contributed by atoms with van der Waals surface area (Å²) in [5.41, 5.74) is 0.845. The highest BCUT2D eigenvalue weighted by atomic mass is 35.5. The van der Waals surface area contributed by atoms with Gasteiger partial charge >= 0.3 is 0 Å². The number of rotatable bonds is 3. The molecule has 0 aromatic heterocycles. The molecule has 0 aliphatic rings. The monoisotopic (exact) mass is 215 g/mol. The molecule has 1 aromatic rings. The molecule has 1 amide bonds. The standard InChI is InChI=1S/C10H11ClFNO/c1-7-2-3-8(9(12)6-7)10(14)13-5-4-11/h2-3,6H,4-5H2,1H3,(H,13,14). The number of alkyl halides is 1. The highest BCUT2D eigenvalue weighted by molar-refractivity contribution is 6.18. The first-order valence-electron chi connectivity index (χ1n) is 4.25. The van der Waals surface area contributed by atoms with Crippen molar-refractivity contribution in [3.05, 3.63) is 35.1 Å². The fourth-order valence-electron chi connectivity index (χ4n) is 1.06. The van der Waals surface area contributed by atoms with Crippen LogP contribution in [-0.2, 0) is 0 Å². The molecule has 1 aromatic carbocycles. The molecule has 1 N–H and O–H groups in total. The largest absolute Gasteiger partial charge is 0.351 e. The molecule has 0 saturated carbocycles. The molecule has 0 spiro atoms. The zero-order valence-electron chi connectivity index (χ0n) is 7.81. The second-order valence-corrected chi connectivity index (χ2v) is 3.31. The van der Waals surface area contributed by atoms with Crippen molar-refractivity contribution in [3.63, 3.8) is 0 Å². The normalized spacial score (nSPS) is 9.93. The maximum Gasteiger partial charge on any atom is 0.254 e. The summed E-state index contributed by atoms with van der Waals surface area (Å²) in [6, 6.07) is 4.49. The second kappa shape index (κ2) is 4.96. The van der Waals surface area contributed by atoms with E-state index in [2.05, 4.69) is 5.32 Å². The number of benzene rings is 1. The number of carbonyl (C=O) groups excluding carboxylic acids is 1. The number of hydrogen-bond donors (Lipinski definition) is 1. The fraction of sp³-hybridized carbons (Fsp3) is 0.300. The Balaban J connectivity index is 2.80. The first kappa shape index (κ1) is 11.0. The van der Waals surface area contributed by atoms with E-state index in [-0.39, 0.29) is 5.56 Å². The third kappa shape index (κ3) is 2.70. The van der Waals surface area contributed by atoms with Crippen molar-refractivity contribution in [3.8, 4) is 0 Å². The van der Waals surface area contributed by atoms with Gasteiger partial charge in [0, 0.05) is 12.4 Å². The zero-order chi connectivity index (χ0) is 10.6. The smallest absolute Gasteiger partial charge is 0.254 e. The van der Waals surface area contributed by atoms with Crippen molar-refractivity contribution in [1.82, 2.24) is 5.32 Å². The van der Waals surface area contributed by atoms with Crippen LogP contribution in [-0.4, -0.2) is 18.3 Å². The first-order valence-corrected chi connectivity index (χ1v) is 4.79. The molecule has 0 fully saturated rings. The summed E-state index contributed by atoms with van der Waals surface area (Å²) in [6.45, 7) is 2.11. The zero-order valence-corrected chi connectivity index (χ0v) is 8.57. The highest BCUT2D eigenvalue weighted by Gasteiger charge is 2.10. The van der Waals surface area contributed by atoms with Crippen LogP contribution in [0.15, 0.2) is 18.2 Å². The van der Waals surface area contributed by atoms with Gasteiger partial charge in [0.1, 0.15) is 5.82 Å². The van der Waals surface area contributed by atoms with Crippen molar-refractivity contribution in [2.45, 2.75) is 6.92 Å². The molecular weight excluding hydrogens is 205 g/mol. The van der Waals surface area contributed by atoms with Crippen LogP contribution in [0.4, 0.5) is 4.39 Å². The van der Waals surface area contributed by atoms with Gasteiger partial charge in [0.15, 0.2) is 0 Å². The molecule has 0 aliphatic carbocycles. The van der Waals surface area contributed by atoms with E-state index in [0.29, 0.717) is 12.4 Å². The van der Waals surface area contributed by atoms with E-state index in [1.165, 1.54) is 12.1 Å². The van der Waals surface area contributed by atoms with Gasteiger partial charge in [0.05, 0.1) is 5.56 Å². The van der Waals surface area contributed by atoms with Crippen molar-refractivity contribution in [2.75, 3.05) is 12.4 Å². The Morgan fingerprint density at radius 2 is 2.29 bits per heavy atom. The Kier molecular flexibility index (Phi) is 3.89. The van der Waals surface area contributed by atoms with E-state index in [1.54, 1.807) is 13.0 Å². The highest BCUT2D eigenvalue weighted by Crippen LogP contribution is 2.09.